The van der Waals surface area contributed by atoms with E-state index in [1.807, 2.05) is 4.90 Å². The molecule has 92 valence electrons. The number of amides is 1. The van der Waals surface area contributed by atoms with Crippen molar-refractivity contribution in [1.82, 2.24) is 20.2 Å². The van der Waals surface area contributed by atoms with E-state index in [4.69, 9.17) is 0 Å². The molecule has 2 aliphatic rings. The highest BCUT2D eigenvalue weighted by Crippen LogP contribution is 2.24. The summed E-state index contributed by atoms with van der Waals surface area (Å²) in [7, 11) is 0. The maximum atomic E-state index is 12.1. The molecule has 0 spiro atoms. The van der Waals surface area contributed by atoms with Crippen LogP contribution in [0.4, 0.5) is 0 Å². The number of piperidine rings is 1. The molecule has 3 rings (SSSR count). The second-order valence-corrected chi connectivity index (χ2v) is 4.33. The molecule has 1 atom stereocenters. The third-order valence-corrected chi connectivity index (χ3v) is 3.30. The average Bonchev–Trinajstić information content (AvgIpc) is 2.69. The van der Waals surface area contributed by atoms with Crippen LogP contribution in [-0.4, -0.2) is 39.9 Å². The number of hydrogen-bond donors (Lipinski definition) is 1. The first-order valence-electron chi connectivity index (χ1n) is 5.67. The average molecular weight is 255 g/mol. The first-order valence-corrected chi connectivity index (χ1v) is 5.67. The minimum atomic E-state index is 0. The summed E-state index contributed by atoms with van der Waals surface area (Å²) in [5, 5.41) is 3.33. The smallest absolute Gasteiger partial charge is 0.273 e. The van der Waals surface area contributed by atoms with E-state index < -0.39 is 0 Å². The minimum Gasteiger partial charge on any atom is -0.329 e. The largest absolute Gasteiger partial charge is 0.329 e. The highest BCUT2D eigenvalue weighted by Gasteiger charge is 2.34. The van der Waals surface area contributed by atoms with Gasteiger partial charge in [0.25, 0.3) is 5.91 Å². The minimum absolute atomic E-state index is 0. The van der Waals surface area contributed by atoms with Gasteiger partial charge >= 0.3 is 0 Å². The fourth-order valence-electron chi connectivity index (χ4n) is 2.45. The summed E-state index contributed by atoms with van der Waals surface area (Å²) in [6.07, 6.45) is 5.41. The van der Waals surface area contributed by atoms with E-state index in [1.165, 1.54) is 6.33 Å². The van der Waals surface area contributed by atoms with Gasteiger partial charge in [0.15, 0.2) is 0 Å². The van der Waals surface area contributed by atoms with Gasteiger partial charge in [-0.15, -0.1) is 12.4 Å². The van der Waals surface area contributed by atoms with Crippen LogP contribution in [0.2, 0.25) is 0 Å². The van der Waals surface area contributed by atoms with Crippen LogP contribution in [0.5, 0.6) is 0 Å². The Bertz CT molecular complexity index is 420. The van der Waals surface area contributed by atoms with E-state index in [9.17, 15) is 4.79 Å². The number of fused-ring (bicyclic) bond motifs is 1. The van der Waals surface area contributed by atoms with Gasteiger partial charge in [0, 0.05) is 24.3 Å². The molecule has 3 heterocycles. The van der Waals surface area contributed by atoms with Gasteiger partial charge in [0.05, 0.1) is 6.54 Å². The molecule has 5 nitrogen and oxygen atoms in total. The molecule has 0 unspecified atom stereocenters. The first kappa shape index (κ1) is 12.3. The molecule has 1 aromatic rings. The molecule has 1 fully saturated rings. The fourth-order valence-corrected chi connectivity index (χ4v) is 2.45. The molecular formula is C11H15ClN4O. The van der Waals surface area contributed by atoms with Crippen molar-refractivity contribution in [3.63, 3.8) is 0 Å². The second kappa shape index (κ2) is 4.98. The zero-order valence-corrected chi connectivity index (χ0v) is 10.2. The maximum absolute atomic E-state index is 12.1. The Morgan fingerprint density at radius 1 is 1.47 bits per heavy atom. The molecule has 1 aromatic heterocycles. The van der Waals surface area contributed by atoms with Crippen molar-refractivity contribution in [2.45, 2.75) is 25.4 Å². The Hall–Kier alpha value is -1.20. The number of halogens is 1. The van der Waals surface area contributed by atoms with E-state index in [-0.39, 0.29) is 18.3 Å². The van der Waals surface area contributed by atoms with Crippen molar-refractivity contribution in [3.05, 3.63) is 23.8 Å². The molecule has 17 heavy (non-hydrogen) atoms. The van der Waals surface area contributed by atoms with Gasteiger partial charge in [-0.25, -0.2) is 9.97 Å². The molecule has 1 amide bonds. The lowest BCUT2D eigenvalue weighted by atomic mass is 10.1. The number of nitrogens with zero attached hydrogens (tertiary/aromatic N) is 3. The van der Waals surface area contributed by atoms with Crippen molar-refractivity contribution in [2.24, 2.45) is 0 Å². The SMILES string of the molecule is Cl.O=C1c2ncncc2CN1[C@H]1CCCNC1. The number of carbonyl (C=O) groups is 1. The van der Waals surface area contributed by atoms with Crippen molar-refractivity contribution in [2.75, 3.05) is 13.1 Å². The number of carbonyl (C=O) groups excluding carboxylic acids is 1. The molecule has 0 aliphatic carbocycles. The number of hydrogen-bond acceptors (Lipinski definition) is 4. The fraction of sp³-hybridized carbons (Fsp3) is 0.545. The Balaban J connectivity index is 0.00000108. The summed E-state index contributed by atoms with van der Waals surface area (Å²) in [6.45, 7) is 2.62. The van der Waals surface area contributed by atoms with Crippen molar-refractivity contribution < 1.29 is 4.79 Å². The predicted octanol–water partition coefficient (Wildman–Crippen LogP) is 0.606. The van der Waals surface area contributed by atoms with Crippen molar-refractivity contribution in [1.29, 1.82) is 0 Å². The van der Waals surface area contributed by atoms with E-state index in [0.717, 1.165) is 31.5 Å². The van der Waals surface area contributed by atoms with E-state index >= 15 is 0 Å². The van der Waals surface area contributed by atoms with E-state index in [0.29, 0.717) is 18.3 Å². The quantitative estimate of drug-likeness (QED) is 0.798. The molecular weight excluding hydrogens is 240 g/mol. The van der Waals surface area contributed by atoms with Crippen LogP contribution >= 0.6 is 12.4 Å². The van der Waals surface area contributed by atoms with Crippen LogP contribution in [0.15, 0.2) is 12.5 Å². The van der Waals surface area contributed by atoms with Crippen LogP contribution in [-0.2, 0) is 6.54 Å². The first-order chi connectivity index (χ1) is 7.86. The molecule has 2 aliphatic heterocycles. The number of rotatable bonds is 1. The second-order valence-electron chi connectivity index (χ2n) is 4.33. The highest BCUT2D eigenvalue weighted by atomic mass is 35.5. The number of aromatic nitrogens is 2. The summed E-state index contributed by atoms with van der Waals surface area (Å²) < 4.78 is 0. The third kappa shape index (κ3) is 2.12. The van der Waals surface area contributed by atoms with Gasteiger partial charge in [0.2, 0.25) is 0 Å². The van der Waals surface area contributed by atoms with E-state index in [2.05, 4.69) is 15.3 Å². The lowest BCUT2D eigenvalue weighted by molar-refractivity contribution is 0.0670. The Morgan fingerprint density at radius 3 is 3.06 bits per heavy atom. The van der Waals surface area contributed by atoms with Gasteiger partial charge in [-0.05, 0) is 19.4 Å². The molecule has 1 saturated heterocycles. The summed E-state index contributed by atoms with van der Waals surface area (Å²) in [5.74, 6) is 0.0612. The summed E-state index contributed by atoms with van der Waals surface area (Å²) in [5.41, 5.74) is 1.54. The molecule has 0 bridgehead atoms. The summed E-state index contributed by atoms with van der Waals surface area (Å²) in [6, 6.07) is 0.315. The van der Waals surface area contributed by atoms with Gasteiger partial charge in [0.1, 0.15) is 12.0 Å². The van der Waals surface area contributed by atoms with Gasteiger partial charge in [-0.3, -0.25) is 4.79 Å². The maximum Gasteiger partial charge on any atom is 0.273 e. The van der Waals surface area contributed by atoms with Crippen LogP contribution in [0.3, 0.4) is 0 Å². The zero-order chi connectivity index (χ0) is 11.0. The van der Waals surface area contributed by atoms with Gasteiger partial charge in [-0.1, -0.05) is 0 Å². The van der Waals surface area contributed by atoms with Crippen LogP contribution in [0, 0.1) is 0 Å². The van der Waals surface area contributed by atoms with E-state index in [1.54, 1.807) is 6.20 Å². The molecule has 0 saturated carbocycles. The Morgan fingerprint density at radius 2 is 2.35 bits per heavy atom. The van der Waals surface area contributed by atoms with Crippen molar-refractivity contribution in [3.8, 4) is 0 Å². The van der Waals surface area contributed by atoms with Gasteiger partial charge < -0.3 is 10.2 Å². The molecule has 1 N–H and O–H groups in total. The lowest BCUT2D eigenvalue weighted by Crippen LogP contribution is -2.46. The topological polar surface area (TPSA) is 58.1 Å². The van der Waals surface area contributed by atoms with Crippen molar-refractivity contribution >= 4 is 18.3 Å². The highest BCUT2D eigenvalue weighted by molar-refractivity contribution is 5.96. The van der Waals surface area contributed by atoms with Crippen LogP contribution in [0.25, 0.3) is 0 Å². The Kier molecular flexibility index (Phi) is 3.59. The number of nitrogens with one attached hydrogen (secondary N) is 1. The summed E-state index contributed by atoms with van der Waals surface area (Å²) >= 11 is 0. The molecule has 0 radical (unpaired) electrons. The monoisotopic (exact) mass is 254 g/mol. The van der Waals surface area contributed by atoms with Crippen LogP contribution in [0.1, 0.15) is 28.9 Å². The van der Waals surface area contributed by atoms with Crippen LogP contribution < -0.4 is 5.32 Å². The lowest BCUT2D eigenvalue weighted by Gasteiger charge is -2.31. The summed E-state index contributed by atoms with van der Waals surface area (Å²) in [4.78, 5) is 22.1. The normalized spacial score (nSPS) is 23.2. The predicted molar refractivity (Wildman–Crippen MR) is 65.0 cm³/mol. The standard InChI is InChI=1S/C11H14N4O.ClH/c16-11-10-8(4-13-7-14-10)6-15(11)9-2-1-3-12-5-9;/h4,7,9,12H,1-3,5-6H2;1H/t9-;/m0./s1. The molecule has 0 aromatic carbocycles. The molecule has 6 heteroatoms. The Labute approximate surface area is 106 Å². The zero-order valence-electron chi connectivity index (χ0n) is 9.43. The third-order valence-electron chi connectivity index (χ3n) is 3.30. The van der Waals surface area contributed by atoms with Gasteiger partial charge in [-0.2, -0.15) is 0 Å².